The first-order valence-electron chi connectivity index (χ1n) is 8.13. The number of nitrogens with zero attached hydrogens (tertiary/aromatic N) is 5. The molecule has 1 amide bonds. The number of rotatable bonds is 4. The van der Waals surface area contributed by atoms with E-state index in [2.05, 4.69) is 10.4 Å². The Morgan fingerprint density at radius 3 is 2.81 bits per heavy atom. The Morgan fingerprint density at radius 2 is 2.15 bits per heavy atom. The van der Waals surface area contributed by atoms with Crippen LogP contribution >= 0.6 is 0 Å². The van der Waals surface area contributed by atoms with Crippen molar-refractivity contribution in [1.82, 2.24) is 18.9 Å². The number of aromatic nitrogens is 4. The molecular weight excluding hydrogens is 338 g/mol. The van der Waals surface area contributed by atoms with Gasteiger partial charge in [-0.2, -0.15) is 10.4 Å². The second kappa shape index (κ2) is 6.51. The fourth-order valence-corrected chi connectivity index (χ4v) is 3.27. The SMILES string of the molecule is Cn1c(NCC2CCn3ncc(C(N)=O)c3C2)c(C#N)c(=O)n(C)c1=O. The van der Waals surface area contributed by atoms with Gasteiger partial charge in [0.05, 0.1) is 17.5 Å². The normalized spacial score (nSPS) is 16.0. The minimum Gasteiger partial charge on any atom is -0.370 e. The first kappa shape index (κ1) is 17.5. The maximum absolute atomic E-state index is 12.1. The van der Waals surface area contributed by atoms with Crippen molar-refractivity contribution in [2.75, 3.05) is 11.9 Å². The summed E-state index contributed by atoms with van der Waals surface area (Å²) >= 11 is 0. The molecule has 0 saturated carbocycles. The molecule has 0 aromatic carbocycles. The van der Waals surface area contributed by atoms with Gasteiger partial charge in [0.25, 0.3) is 11.5 Å². The predicted octanol–water partition coefficient (Wildman–Crippen LogP) is -1.07. The molecule has 136 valence electrons. The molecule has 0 spiro atoms. The van der Waals surface area contributed by atoms with Crippen LogP contribution in [0.2, 0.25) is 0 Å². The third-order valence-electron chi connectivity index (χ3n) is 4.78. The molecule has 2 aromatic heterocycles. The predicted molar refractivity (Wildman–Crippen MR) is 92.7 cm³/mol. The van der Waals surface area contributed by atoms with E-state index in [1.165, 1.54) is 24.9 Å². The number of hydrogen-bond donors (Lipinski definition) is 2. The molecule has 1 atom stereocenters. The summed E-state index contributed by atoms with van der Waals surface area (Å²) < 4.78 is 3.93. The highest BCUT2D eigenvalue weighted by Gasteiger charge is 2.25. The summed E-state index contributed by atoms with van der Waals surface area (Å²) in [5.41, 5.74) is 5.34. The van der Waals surface area contributed by atoms with Crippen LogP contribution in [0, 0.1) is 17.2 Å². The summed E-state index contributed by atoms with van der Waals surface area (Å²) in [7, 11) is 2.84. The fraction of sp³-hybridized carbons (Fsp3) is 0.438. The van der Waals surface area contributed by atoms with E-state index in [0.29, 0.717) is 25.1 Å². The lowest BCUT2D eigenvalue weighted by atomic mass is 9.94. The van der Waals surface area contributed by atoms with Crippen LogP contribution in [0.1, 0.15) is 28.0 Å². The maximum Gasteiger partial charge on any atom is 0.332 e. The molecule has 1 aliphatic rings. The number of primary amides is 1. The van der Waals surface area contributed by atoms with Crippen LogP contribution in [-0.2, 0) is 27.1 Å². The smallest absolute Gasteiger partial charge is 0.332 e. The van der Waals surface area contributed by atoms with Gasteiger partial charge in [0, 0.05) is 27.2 Å². The number of nitrogens with one attached hydrogen (secondary N) is 1. The number of carbonyl (C=O) groups is 1. The third kappa shape index (κ3) is 2.77. The Hall–Kier alpha value is -3.35. The van der Waals surface area contributed by atoms with Crippen molar-refractivity contribution in [3.8, 4) is 6.07 Å². The molecule has 3 rings (SSSR count). The number of carbonyl (C=O) groups excluding carboxylic acids is 1. The third-order valence-corrected chi connectivity index (χ3v) is 4.78. The van der Waals surface area contributed by atoms with Crippen molar-refractivity contribution in [3.05, 3.63) is 43.9 Å². The molecule has 3 heterocycles. The standard InChI is InChI=1S/C16H19N7O3/c1-21-14(10(6-17)15(25)22(2)16(21)26)19-7-9-3-4-23-12(5-9)11(8-20-23)13(18)24/h8-9,19H,3-5,7H2,1-2H3,(H2,18,24). The molecule has 10 nitrogen and oxygen atoms in total. The van der Waals surface area contributed by atoms with Crippen LogP contribution in [-0.4, -0.2) is 31.4 Å². The molecule has 26 heavy (non-hydrogen) atoms. The van der Waals surface area contributed by atoms with Crippen molar-refractivity contribution in [2.45, 2.75) is 19.4 Å². The van der Waals surface area contributed by atoms with E-state index in [0.717, 1.165) is 16.7 Å². The van der Waals surface area contributed by atoms with Gasteiger partial charge in [-0.25, -0.2) is 4.79 Å². The van der Waals surface area contributed by atoms with E-state index in [1.807, 2.05) is 6.07 Å². The van der Waals surface area contributed by atoms with Crippen LogP contribution in [0.25, 0.3) is 0 Å². The van der Waals surface area contributed by atoms with E-state index in [-0.39, 0.29) is 17.3 Å². The Balaban J connectivity index is 1.84. The maximum atomic E-state index is 12.1. The Kier molecular flexibility index (Phi) is 4.38. The molecule has 0 fully saturated rings. The summed E-state index contributed by atoms with van der Waals surface area (Å²) in [6.45, 7) is 1.09. The number of hydrogen-bond acceptors (Lipinski definition) is 6. The lowest BCUT2D eigenvalue weighted by Crippen LogP contribution is -2.40. The number of aryl methyl sites for hydroxylation is 1. The Labute approximate surface area is 148 Å². The van der Waals surface area contributed by atoms with E-state index >= 15 is 0 Å². The lowest BCUT2D eigenvalue weighted by molar-refractivity contribution is 0.0998. The summed E-state index contributed by atoms with van der Waals surface area (Å²) in [5, 5.41) is 16.5. The highest BCUT2D eigenvalue weighted by molar-refractivity contribution is 5.93. The second-order valence-corrected chi connectivity index (χ2v) is 6.37. The van der Waals surface area contributed by atoms with Gasteiger partial charge in [-0.3, -0.25) is 23.4 Å². The highest BCUT2D eigenvalue weighted by Crippen LogP contribution is 2.23. The Bertz CT molecular complexity index is 1040. The summed E-state index contributed by atoms with van der Waals surface area (Å²) in [6.07, 6.45) is 2.87. The average Bonchev–Trinajstić information content (AvgIpc) is 3.05. The number of amides is 1. The van der Waals surface area contributed by atoms with E-state index in [9.17, 15) is 19.6 Å². The zero-order valence-electron chi connectivity index (χ0n) is 14.5. The van der Waals surface area contributed by atoms with Crippen LogP contribution in [0.3, 0.4) is 0 Å². The number of fused-ring (bicyclic) bond motifs is 1. The summed E-state index contributed by atoms with van der Waals surface area (Å²) in [6, 6.07) is 1.87. The van der Waals surface area contributed by atoms with Gasteiger partial charge in [0.1, 0.15) is 11.9 Å². The van der Waals surface area contributed by atoms with E-state index < -0.39 is 17.2 Å². The fourth-order valence-electron chi connectivity index (χ4n) is 3.27. The van der Waals surface area contributed by atoms with Crippen molar-refractivity contribution in [1.29, 1.82) is 5.26 Å². The van der Waals surface area contributed by atoms with Crippen molar-refractivity contribution >= 4 is 11.7 Å². The summed E-state index contributed by atoms with van der Waals surface area (Å²) in [5.74, 6) is -0.168. The molecule has 3 N–H and O–H groups in total. The molecule has 1 unspecified atom stereocenters. The molecule has 0 aliphatic carbocycles. The largest absolute Gasteiger partial charge is 0.370 e. The zero-order valence-corrected chi connectivity index (χ0v) is 14.5. The molecule has 0 saturated heterocycles. The van der Waals surface area contributed by atoms with Gasteiger partial charge in [-0.15, -0.1) is 0 Å². The van der Waals surface area contributed by atoms with E-state index in [4.69, 9.17) is 5.73 Å². The average molecular weight is 357 g/mol. The van der Waals surface area contributed by atoms with Gasteiger partial charge < -0.3 is 11.1 Å². The molecular formula is C16H19N7O3. The van der Waals surface area contributed by atoms with Crippen molar-refractivity contribution in [2.24, 2.45) is 25.7 Å². The second-order valence-electron chi connectivity index (χ2n) is 6.37. The van der Waals surface area contributed by atoms with Crippen molar-refractivity contribution in [3.63, 3.8) is 0 Å². The quantitative estimate of drug-likeness (QED) is 0.713. The van der Waals surface area contributed by atoms with Gasteiger partial charge in [-0.1, -0.05) is 0 Å². The van der Waals surface area contributed by atoms with Gasteiger partial charge in [0.2, 0.25) is 0 Å². The molecule has 2 aromatic rings. The minimum atomic E-state index is -0.629. The zero-order chi connectivity index (χ0) is 19.0. The minimum absolute atomic E-state index is 0.103. The van der Waals surface area contributed by atoms with Crippen LogP contribution in [0.4, 0.5) is 5.82 Å². The molecule has 1 aliphatic heterocycles. The molecule has 0 bridgehead atoms. The molecule has 0 radical (unpaired) electrons. The number of nitriles is 1. The monoisotopic (exact) mass is 357 g/mol. The first-order valence-corrected chi connectivity index (χ1v) is 8.13. The van der Waals surface area contributed by atoms with Crippen LogP contribution < -0.4 is 22.3 Å². The topological polar surface area (TPSA) is 141 Å². The summed E-state index contributed by atoms with van der Waals surface area (Å²) in [4.78, 5) is 35.7. The van der Waals surface area contributed by atoms with Gasteiger partial charge in [0.15, 0.2) is 5.56 Å². The van der Waals surface area contributed by atoms with Crippen LogP contribution in [0.5, 0.6) is 0 Å². The Morgan fingerprint density at radius 1 is 1.42 bits per heavy atom. The first-order chi connectivity index (χ1) is 12.3. The number of nitrogens with two attached hydrogens (primary N) is 1. The highest BCUT2D eigenvalue weighted by atomic mass is 16.2. The van der Waals surface area contributed by atoms with Gasteiger partial charge >= 0.3 is 5.69 Å². The van der Waals surface area contributed by atoms with Crippen molar-refractivity contribution < 1.29 is 4.79 Å². The lowest BCUT2D eigenvalue weighted by Gasteiger charge is -2.25. The number of anilines is 1. The van der Waals surface area contributed by atoms with Gasteiger partial charge in [-0.05, 0) is 18.8 Å². The van der Waals surface area contributed by atoms with Crippen LogP contribution in [0.15, 0.2) is 15.8 Å². The molecule has 10 heteroatoms. The van der Waals surface area contributed by atoms with E-state index in [1.54, 1.807) is 4.68 Å².